The lowest BCUT2D eigenvalue weighted by atomic mass is 9.84. The molecule has 5 rings (SSSR count). The molecule has 0 bridgehead atoms. The molecule has 0 amide bonds. The zero-order chi connectivity index (χ0) is 23.8. The van der Waals surface area contributed by atoms with Crippen LogP contribution in [0.3, 0.4) is 0 Å². The van der Waals surface area contributed by atoms with Gasteiger partial charge in [-0.1, -0.05) is 100 Å². The number of hydrogen-bond donors (Lipinski definition) is 0. The van der Waals surface area contributed by atoms with Gasteiger partial charge in [0.1, 0.15) is 0 Å². The first-order valence-corrected chi connectivity index (χ1v) is 13.2. The van der Waals surface area contributed by atoms with E-state index in [4.69, 9.17) is 0 Å². The van der Waals surface area contributed by atoms with Crippen LogP contribution in [-0.2, 0) is 6.42 Å². The molecule has 2 aliphatic carbocycles. The van der Waals surface area contributed by atoms with Crippen LogP contribution in [0.2, 0.25) is 0 Å². The van der Waals surface area contributed by atoms with E-state index in [1.165, 1.54) is 88.6 Å². The molecule has 2 aliphatic rings. The van der Waals surface area contributed by atoms with Gasteiger partial charge in [-0.3, -0.25) is 0 Å². The zero-order valence-electron chi connectivity index (χ0n) is 21.2. The quantitative estimate of drug-likeness (QED) is 0.353. The first kappa shape index (κ1) is 22.9. The van der Waals surface area contributed by atoms with Crippen molar-refractivity contribution in [3.63, 3.8) is 0 Å². The van der Waals surface area contributed by atoms with E-state index < -0.39 is 0 Å². The average Bonchev–Trinajstić information content (AvgIpc) is 3.16. The van der Waals surface area contributed by atoms with E-state index in [2.05, 4.69) is 88.5 Å². The van der Waals surface area contributed by atoms with Gasteiger partial charge in [0.15, 0.2) is 0 Å². The molecule has 3 aromatic rings. The van der Waals surface area contributed by atoms with Crippen LogP contribution >= 0.6 is 0 Å². The molecule has 0 aliphatic heterocycles. The molecule has 1 unspecified atom stereocenters. The third-order valence-electron chi connectivity index (χ3n) is 8.26. The Morgan fingerprint density at radius 3 is 2.09 bits per heavy atom. The lowest BCUT2D eigenvalue weighted by molar-refractivity contribution is 0.356. The monoisotopic (exact) mass is 446 g/mol. The van der Waals surface area contributed by atoms with E-state index in [1.54, 1.807) is 0 Å². The molecule has 1 fully saturated rings. The number of hydrogen-bond acceptors (Lipinski definition) is 0. The predicted molar refractivity (Wildman–Crippen MR) is 148 cm³/mol. The Morgan fingerprint density at radius 1 is 0.824 bits per heavy atom. The van der Waals surface area contributed by atoms with Crippen molar-refractivity contribution >= 4 is 11.1 Å². The maximum atomic E-state index is 4.55. The molecule has 0 heteroatoms. The molecule has 3 aromatic carbocycles. The second-order valence-electron chi connectivity index (χ2n) is 10.7. The van der Waals surface area contributed by atoms with Gasteiger partial charge in [0.05, 0.1) is 0 Å². The standard InChI is InChI=1S/C34H38/c1-6-29-31-16-13-27(22(2)3)20-33(31)34-21-28(14-17-32(29)34)24(5)30-15-12-26(18-23(30)4)19-25-10-8-7-9-11-25/h12-18,20-21,25,29H,2,5-11,19H2,1,3-4H3. The molecule has 0 nitrogen and oxygen atoms in total. The fourth-order valence-corrected chi connectivity index (χ4v) is 6.32. The van der Waals surface area contributed by atoms with Gasteiger partial charge in [0.25, 0.3) is 0 Å². The average molecular weight is 447 g/mol. The van der Waals surface area contributed by atoms with Gasteiger partial charge >= 0.3 is 0 Å². The van der Waals surface area contributed by atoms with E-state index in [-0.39, 0.29) is 0 Å². The summed E-state index contributed by atoms with van der Waals surface area (Å²) in [5.74, 6) is 1.35. The van der Waals surface area contributed by atoms with Crippen molar-refractivity contribution in [3.8, 4) is 11.1 Å². The normalized spacial score (nSPS) is 17.3. The van der Waals surface area contributed by atoms with E-state index >= 15 is 0 Å². The van der Waals surface area contributed by atoms with Crippen LogP contribution in [0.1, 0.15) is 97.2 Å². The van der Waals surface area contributed by atoms with Crippen molar-refractivity contribution in [2.24, 2.45) is 5.92 Å². The van der Waals surface area contributed by atoms with Gasteiger partial charge in [0, 0.05) is 5.92 Å². The maximum Gasteiger partial charge on any atom is 0.00990 e. The number of benzene rings is 3. The van der Waals surface area contributed by atoms with Crippen LogP contribution in [-0.4, -0.2) is 0 Å². The Bertz CT molecular complexity index is 1250. The van der Waals surface area contributed by atoms with Crippen molar-refractivity contribution in [2.75, 3.05) is 0 Å². The van der Waals surface area contributed by atoms with Gasteiger partial charge < -0.3 is 0 Å². The summed E-state index contributed by atoms with van der Waals surface area (Å²) in [6, 6.07) is 21.0. The maximum absolute atomic E-state index is 4.55. The van der Waals surface area contributed by atoms with Crippen molar-refractivity contribution in [1.82, 2.24) is 0 Å². The van der Waals surface area contributed by atoms with Crippen LogP contribution in [0.15, 0.2) is 67.8 Å². The fraction of sp³-hybridized carbons (Fsp3) is 0.353. The lowest BCUT2D eigenvalue weighted by Crippen LogP contribution is -2.09. The Morgan fingerprint density at radius 2 is 1.47 bits per heavy atom. The Kier molecular flexibility index (Phi) is 6.34. The number of aryl methyl sites for hydroxylation is 1. The van der Waals surface area contributed by atoms with E-state index in [0.29, 0.717) is 5.92 Å². The molecule has 0 saturated heterocycles. The number of rotatable bonds is 6. The third-order valence-corrected chi connectivity index (χ3v) is 8.26. The summed E-state index contributed by atoms with van der Waals surface area (Å²) < 4.78 is 0. The topological polar surface area (TPSA) is 0 Å². The minimum Gasteiger partial charge on any atom is -0.0955 e. The highest BCUT2D eigenvalue weighted by Gasteiger charge is 2.28. The number of fused-ring (bicyclic) bond motifs is 3. The molecule has 0 heterocycles. The summed E-state index contributed by atoms with van der Waals surface area (Å²) in [6.45, 7) is 15.4. The molecule has 0 N–H and O–H groups in total. The van der Waals surface area contributed by atoms with Crippen molar-refractivity contribution in [3.05, 3.63) is 107 Å². The summed E-state index contributed by atoms with van der Waals surface area (Å²) >= 11 is 0. The Balaban J connectivity index is 1.45. The van der Waals surface area contributed by atoms with Gasteiger partial charge in [0.2, 0.25) is 0 Å². The second-order valence-corrected chi connectivity index (χ2v) is 10.7. The first-order chi connectivity index (χ1) is 16.5. The summed E-state index contributed by atoms with van der Waals surface area (Å²) in [5, 5.41) is 0. The fourth-order valence-electron chi connectivity index (χ4n) is 6.32. The minimum atomic E-state index is 0.479. The third kappa shape index (κ3) is 4.20. The van der Waals surface area contributed by atoms with E-state index in [0.717, 1.165) is 23.5 Å². The summed E-state index contributed by atoms with van der Waals surface area (Å²) in [4.78, 5) is 0. The van der Waals surface area contributed by atoms with Gasteiger partial charge in [-0.2, -0.15) is 0 Å². The van der Waals surface area contributed by atoms with E-state index in [1.807, 2.05) is 0 Å². The molecule has 1 atom stereocenters. The molecule has 34 heavy (non-hydrogen) atoms. The minimum absolute atomic E-state index is 0.479. The highest BCUT2D eigenvalue weighted by molar-refractivity contribution is 5.87. The Hall–Kier alpha value is -2.86. The largest absolute Gasteiger partial charge is 0.0955 e. The van der Waals surface area contributed by atoms with Crippen LogP contribution in [0.4, 0.5) is 0 Å². The second kappa shape index (κ2) is 9.41. The molecular weight excluding hydrogens is 408 g/mol. The molecule has 0 spiro atoms. The van der Waals surface area contributed by atoms with E-state index in [9.17, 15) is 0 Å². The highest BCUT2D eigenvalue weighted by Crippen LogP contribution is 2.48. The Labute approximate surface area is 206 Å². The molecule has 174 valence electrons. The molecule has 1 saturated carbocycles. The summed E-state index contributed by atoms with van der Waals surface area (Å²) in [6.07, 6.45) is 9.39. The van der Waals surface area contributed by atoms with Gasteiger partial charge in [-0.05, 0) is 100 Å². The summed E-state index contributed by atoms with van der Waals surface area (Å²) in [5.41, 5.74) is 14.5. The predicted octanol–water partition coefficient (Wildman–Crippen LogP) is 9.73. The van der Waals surface area contributed by atoms with Crippen molar-refractivity contribution in [2.45, 2.75) is 71.6 Å². The van der Waals surface area contributed by atoms with Crippen molar-refractivity contribution in [1.29, 1.82) is 0 Å². The van der Waals surface area contributed by atoms with Crippen LogP contribution in [0.25, 0.3) is 22.3 Å². The molecular formula is C34H38. The smallest absolute Gasteiger partial charge is 0.00990 e. The SMILES string of the molecule is C=C(C)c1ccc2c(c1)-c1cc(C(=C)c3ccc(CC4CCCCC4)cc3C)ccc1C2CC. The van der Waals surface area contributed by atoms with Crippen LogP contribution in [0.5, 0.6) is 0 Å². The number of allylic oxidation sites excluding steroid dienone is 1. The van der Waals surface area contributed by atoms with Gasteiger partial charge in [-0.25, -0.2) is 0 Å². The highest BCUT2D eigenvalue weighted by atomic mass is 14.3. The molecule has 0 aromatic heterocycles. The summed E-state index contributed by atoms with van der Waals surface area (Å²) in [7, 11) is 0. The van der Waals surface area contributed by atoms with Crippen LogP contribution < -0.4 is 0 Å². The van der Waals surface area contributed by atoms with Crippen LogP contribution in [0, 0.1) is 12.8 Å². The zero-order valence-corrected chi connectivity index (χ0v) is 21.2. The molecule has 0 radical (unpaired) electrons. The van der Waals surface area contributed by atoms with Gasteiger partial charge in [-0.15, -0.1) is 0 Å². The lowest BCUT2D eigenvalue weighted by Gasteiger charge is -2.22. The first-order valence-electron chi connectivity index (χ1n) is 13.2. The van der Waals surface area contributed by atoms with Crippen molar-refractivity contribution < 1.29 is 0 Å².